The summed E-state index contributed by atoms with van der Waals surface area (Å²) in [7, 11) is 1.87. The Morgan fingerprint density at radius 1 is 1.25 bits per heavy atom. The van der Waals surface area contributed by atoms with Crippen LogP contribution in [0.25, 0.3) is 10.9 Å². The van der Waals surface area contributed by atoms with Gasteiger partial charge < -0.3 is 11.1 Å². The predicted molar refractivity (Wildman–Crippen MR) is 71.8 cm³/mol. The molecule has 3 N–H and O–H groups in total. The molecule has 0 saturated carbocycles. The van der Waals surface area contributed by atoms with Crippen molar-refractivity contribution in [3.8, 4) is 0 Å². The van der Waals surface area contributed by atoms with Gasteiger partial charge in [-0.05, 0) is 19.1 Å². The van der Waals surface area contributed by atoms with Gasteiger partial charge in [-0.15, -0.1) is 0 Å². The Kier molecular flexibility index (Phi) is 4.11. The molecular weight excluding hydrogens is 198 g/mol. The van der Waals surface area contributed by atoms with Gasteiger partial charge in [-0.2, -0.15) is 0 Å². The molecule has 16 heavy (non-hydrogen) atoms. The van der Waals surface area contributed by atoms with Crippen molar-refractivity contribution >= 4 is 22.3 Å². The van der Waals surface area contributed by atoms with Crippen LogP contribution in [0.1, 0.15) is 19.4 Å². The summed E-state index contributed by atoms with van der Waals surface area (Å²) in [5, 5.41) is 4.18. The summed E-state index contributed by atoms with van der Waals surface area (Å²) in [5.74, 6) is 0. The quantitative estimate of drug-likeness (QED) is 0.771. The molecule has 2 rings (SSSR count). The molecule has 1 heterocycles. The average molecular weight is 217 g/mol. The molecule has 0 amide bonds. The van der Waals surface area contributed by atoms with Gasteiger partial charge in [-0.3, -0.25) is 4.98 Å². The zero-order valence-electron chi connectivity index (χ0n) is 10.3. The van der Waals surface area contributed by atoms with E-state index in [1.54, 1.807) is 6.20 Å². The summed E-state index contributed by atoms with van der Waals surface area (Å²) in [6.07, 6.45) is 1.68. The van der Waals surface area contributed by atoms with Gasteiger partial charge in [0.05, 0.1) is 23.1 Å². The fourth-order valence-corrected chi connectivity index (χ4v) is 1.60. The van der Waals surface area contributed by atoms with E-state index >= 15 is 0 Å². The Morgan fingerprint density at radius 3 is 2.56 bits per heavy atom. The molecule has 0 atom stereocenters. The first-order chi connectivity index (χ1) is 7.72. The minimum absolute atomic E-state index is 0.686. The Bertz CT molecular complexity index is 473. The Balaban J connectivity index is 0.000000606. The van der Waals surface area contributed by atoms with Gasteiger partial charge in [-0.1, -0.05) is 25.5 Å². The number of nitrogen functional groups attached to an aromatic ring is 1. The fraction of sp³-hybridized carbons (Fsp3) is 0.308. The van der Waals surface area contributed by atoms with Crippen LogP contribution in [-0.4, -0.2) is 12.0 Å². The molecule has 1 aromatic carbocycles. The molecule has 0 aliphatic carbocycles. The van der Waals surface area contributed by atoms with E-state index in [0.717, 1.165) is 16.6 Å². The van der Waals surface area contributed by atoms with Crippen LogP contribution < -0.4 is 11.1 Å². The SMILES string of the molecule is CC.CNc1c(N)cnc2ccc(C)cc12. The second kappa shape index (κ2) is 5.35. The van der Waals surface area contributed by atoms with E-state index < -0.39 is 0 Å². The molecule has 0 saturated heterocycles. The first-order valence-electron chi connectivity index (χ1n) is 5.55. The van der Waals surface area contributed by atoms with E-state index in [-0.39, 0.29) is 0 Å². The monoisotopic (exact) mass is 217 g/mol. The lowest BCUT2D eigenvalue weighted by Crippen LogP contribution is -1.98. The van der Waals surface area contributed by atoms with Gasteiger partial charge >= 0.3 is 0 Å². The van der Waals surface area contributed by atoms with Gasteiger partial charge in [-0.25, -0.2) is 0 Å². The Labute approximate surface area is 96.7 Å². The number of fused-ring (bicyclic) bond motifs is 1. The van der Waals surface area contributed by atoms with E-state index in [1.807, 2.05) is 33.0 Å². The van der Waals surface area contributed by atoms with E-state index in [4.69, 9.17) is 5.73 Å². The maximum atomic E-state index is 5.82. The van der Waals surface area contributed by atoms with Crippen LogP contribution in [0, 0.1) is 6.92 Å². The minimum atomic E-state index is 0.686. The van der Waals surface area contributed by atoms with E-state index in [1.165, 1.54) is 5.56 Å². The maximum absolute atomic E-state index is 5.82. The molecule has 3 nitrogen and oxygen atoms in total. The number of anilines is 2. The summed E-state index contributed by atoms with van der Waals surface area (Å²) < 4.78 is 0. The zero-order valence-corrected chi connectivity index (χ0v) is 10.3. The first kappa shape index (κ1) is 12.3. The molecule has 2 aromatic rings. The van der Waals surface area contributed by atoms with Crippen molar-refractivity contribution in [1.29, 1.82) is 0 Å². The van der Waals surface area contributed by atoms with Crippen LogP contribution >= 0.6 is 0 Å². The molecule has 0 radical (unpaired) electrons. The van der Waals surface area contributed by atoms with Crippen LogP contribution in [0.2, 0.25) is 0 Å². The normalized spacial score (nSPS) is 9.50. The lowest BCUT2D eigenvalue weighted by atomic mass is 10.1. The number of benzene rings is 1. The number of aromatic nitrogens is 1. The molecular formula is C13H19N3. The lowest BCUT2D eigenvalue weighted by molar-refractivity contribution is 1.38. The molecule has 86 valence electrons. The number of rotatable bonds is 1. The Hall–Kier alpha value is -1.77. The number of nitrogens with one attached hydrogen (secondary N) is 1. The van der Waals surface area contributed by atoms with Crippen molar-refractivity contribution in [3.63, 3.8) is 0 Å². The van der Waals surface area contributed by atoms with Crippen LogP contribution in [-0.2, 0) is 0 Å². The zero-order chi connectivity index (χ0) is 12.1. The van der Waals surface area contributed by atoms with E-state index in [0.29, 0.717) is 5.69 Å². The topological polar surface area (TPSA) is 50.9 Å². The molecule has 0 spiro atoms. The molecule has 0 aliphatic heterocycles. The third-order valence-corrected chi connectivity index (χ3v) is 2.30. The number of hydrogen-bond acceptors (Lipinski definition) is 3. The smallest absolute Gasteiger partial charge is 0.0742 e. The standard InChI is InChI=1S/C11H13N3.C2H6/c1-7-3-4-10-8(5-7)11(13-2)9(12)6-14-10;1-2/h3-6H,12H2,1-2H3,(H,13,14);1-2H3. The highest BCUT2D eigenvalue weighted by atomic mass is 14.9. The largest absolute Gasteiger partial charge is 0.396 e. The summed E-state index contributed by atoms with van der Waals surface area (Å²) in [4.78, 5) is 4.27. The third-order valence-electron chi connectivity index (χ3n) is 2.30. The van der Waals surface area contributed by atoms with Crippen molar-refractivity contribution in [1.82, 2.24) is 4.98 Å². The highest BCUT2D eigenvalue weighted by Crippen LogP contribution is 2.27. The second-order valence-corrected chi connectivity index (χ2v) is 3.36. The molecule has 1 aromatic heterocycles. The van der Waals surface area contributed by atoms with Crippen molar-refractivity contribution in [2.24, 2.45) is 0 Å². The van der Waals surface area contributed by atoms with Gasteiger partial charge in [0.1, 0.15) is 0 Å². The van der Waals surface area contributed by atoms with Crippen LogP contribution in [0.4, 0.5) is 11.4 Å². The van der Waals surface area contributed by atoms with Crippen molar-refractivity contribution < 1.29 is 0 Å². The molecule has 0 fully saturated rings. The van der Waals surface area contributed by atoms with E-state index in [2.05, 4.69) is 23.3 Å². The molecule has 0 aliphatic rings. The van der Waals surface area contributed by atoms with Crippen LogP contribution in [0.15, 0.2) is 24.4 Å². The Morgan fingerprint density at radius 2 is 1.94 bits per heavy atom. The van der Waals surface area contributed by atoms with Crippen molar-refractivity contribution in [3.05, 3.63) is 30.0 Å². The maximum Gasteiger partial charge on any atom is 0.0742 e. The van der Waals surface area contributed by atoms with Gasteiger partial charge in [0.25, 0.3) is 0 Å². The first-order valence-corrected chi connectivity index (χ1v) is 5.55. The summed E-state index contributed by atoms with van der Waals surface area (Å²) >= 11 is 0. The predicted octanol–water partition coefficient (Wildman–Crippen LogP) is 3.19. The number of hydrogen-bond donors (Lipinski definition) is 2. The van der Waals surface area contributed by atoms with Crippen LogP contribution in [0.3, 0.4) is 0 Å². The van der Waals surface area contributed by atoms with Crippen molar-refractivity contribution in [2.45, 2.75) is 20.8 Å². The summed E-state index contributed by atoms with van der Waals surface area (Å²) in [6.45, 7) is 6.06. The van der Waals surface area contributed by atoms with Gasteiger partial charge in [0.2, 0.25) is 0 Å². The molecule has 3 heteroatoms. The number of nitrogens with zero attached hydrogens (tertiary/aromatic N) is 1. The van der Waals surface area contributed by atoms with E-state index in [9.17, 15) is 0 Å². The highest BCUT2D eigenvalue weighted by Gasteiger charge is 2.04. The fourth-order valence-electron chi connectivity index (χ4n) is 1.60. The summed E-state index contributed by atoms with van der Waals surface area (Å²) in [5.41, 5.74) is 9.64. The lowest BCUT2D eigenvalue weighted by Gasteiger charge is -2.08. The number of nitrogens with two attached hydrogens (primary N) is 1. The number of pyridine rings is 1. The van der Waals surface area contributed by atoms with Crippen molar-refractivity contribution in [2.75, 3.05) is 18.1 Å². The highest BCUT2D eigenvalue weighted by molar-refractivity contribution is 5.97. The second-order valence-electron chi connectivity index (χ2n) is 3.36. The van der Waals surface area contributed by atoms with Gasteiger partial charge in [0, 0.05) is 12.4 Å². The molecule has 0 bridgehead atoms. The van der Waals surface area contributed by atoms with Crippen LogP contribution in [0.5, 0.6) is 0 Å². The van der Waals surface area contributed by atoms with Gasteiger partial charge in [0.15, 0.2) is 0 Å². The third kappa shape index (κ3) is 2.24. The number of aryl methyl sites for hydroxylation is 1. The molecule has 0 unspecified atom stereocenters. The summed E-state index contributed by atoms with van der Waals surface area (Å²) in [6, 6.07) is 6.14. The minimum Gasteiger partial charge on any atom is -0.396 e. The average Bonchev–Trinajstić information content (AvgIpc) is 2.31.